The van der Waals surface area contributed by atoms with E-state index in [9.17, 15) is 9.59 Å². The van der Waals surface area contributed by atoms with Crippen LogP contribution in [0.15, 0.2) is 42.5 Å². The van der Waals surface area contributed by atoms with Crippen molar-refractivity contribution in [3.63, 3.8) is 0 Å². The van der Waals surface area contributed by atoms with Gasteiger partial charge in [-0.2, -0.15) is 0 Å². The molecule has 1 saturated heterocycles. The number of hydrogen-bond acceptors (Lipinski definition) is 7. The Labute approximate surface area is 181 Å². The molecule has 164 valence electrons. The van der Waals surface area contributed by atoms with Gasteiger partial charge in [-0.05, 0) is 54.8 Å². The summed E-state index contributed by atoms with van der Waals surface area (Å²) in [6.07, 6.45) is 1.91. The fraction of sp³-hybridized carbons (Fsp3) is 0.391. The molecule has 2 heterocycles. The maximum absolute atomic E-state index is 12.5. The lowest BCUT2D eigenvalue weighted by atomic mass is 10.0. The molecule has 2 aromatic rings. The van der Waals surface area contributed by atoms with Crippen molar-refractivity contribution in [2.75, 3.05) is 38.4 Å². The number of ether oxygens (including phenoxy) is 3. The molecular formula is C23H27N3O5. The largest absolute Gasteiger partial charge is 0.468 e. The van der Waals surface area contributed by atoms with E-state index in [1.165, 1.54) is 7.11 Å². The zero-order valence-corrected chi connectivity index (χ0v) is 17.6. The number of benzene rings is 2. The van der Waals surface area contributed by atoms with Crippen LogP contribution in [-0.4, -0.2) is 51.5 Å². The molecule has 1 amide bonds. The summed E-state index contributed by atoms with van der Waals surface area (Å²) < 4.78 is 15.3. The van der Waals surface area contributed by atoms with Crippen molar-refractivity contribution in [3.8, 4) is 11.5 Å². The van der Waals surface area contributed by atoms with Gasteiger partial charge in [0, 0.05) is 36.9 Å². The topological polar surface area (TPSA) is 89.1 Å². The van der Waals surface area contributed by atoms with E-state index in [-0.39, 0.29) is 25.2 Å². The van der Waals surface area contributed by atoms with Crippen LogP contribution in [0.3, 0.4) is 0 Å². The maximum atomic E-state index is 12.5. The summed E-state index contributed by atoms with van der Waals surface area (Å²) in [5, 5.41) is 6.18. The molecule has 0 unspecified atom stereocenters. The Morgan fingerprint density at radius 1 is 1.06 bits per heavy atom. The quantitative estimate of drug-likeness (QED) is 0.657. The number of hydrogen-bond donors (Lipinski definition) is 2. The highest BCUT2D eigenvalue weighted by molar-refractivity contribution is 5.94. The molecule has 0 aromatic heterocycles. The predicted molar refractivity (Wildman–Crippen MR) is 115 cm³/mol. The maximum Gasteiger partial charge on any atom is 0.319 e. The lowest BCUT2D eigenvalue weighted by Crippen LogP contribution is -2.44. The number of amides is 1. The number of nitrogens with one attached hydrogen (secondary N) is 2. The van der Waals surface area contributed by atoms with Gasteiger partial charge in [0.05, 0.1) is 13.7 Å². The molecule has 2 N–H and O–H groups in total. The number of rotatable bonds is 7. The molecule has 0 spiro atoms. The number of nitrogens with zero attached hydrogens (tertiary/aromatic N) is 1. The van der Waals surface area contributed by atoms with Gasteiger partial charge in [0.2, 0.25) is 6.79 Å². The minimum Gasteiger partial charge on any atom is -0.468 e. The summed E-state index contributed by atoms with van der Waals surface area (Å²) in [5.74, 6) is 1.08. The van der Waals surface area contributed by atoms with Crippen molar-refractivity contribution < 1.29 is 23.8 Å². The van der Waals surface area contributed by atoms with Gasteiger partial charge in [-0.3, -0.25) is 9.59 Å². The fourth-order valence-electron chi connectivity index (χ4n) is 3.80. The monoisotopic (exact) mass is 425 g/mol. The first kappa shape index (κ1) is 21.0. The number of carbonyl (C=O) groups is 2. The predicted octanol–water partition coefficient (Wildman–Crippen LogP) is 2.08. The van der Waals surface area contributed by atoms with Crippen LogP contribution in [0.5, 0.6) is 11.5 Å². The third-order valence-corrected chi connectivity index (χ3v) is 5.64. The number of fused-ring (bicyclic) bond motifs is 1. The van der Waals surface area contributed by atoms with Crippen LogP contribution < -0.4 is 25.0 Å². The van der Waals surface area contributed by atoms with Crippen LogP contribution in [0.4, 0.5) is 5.69 Å². The number of anilines is 1. The molecule has 2 aliphatic heterocycles. The third kappa shape index (κ3) is 5.27. The summed E-state index contributed by atoms with van der Waals surface area (Å²) in [5.41, 5.74) is 2.68. The average molecular weight is 425 g/mol. The van der Waals surface area contributed by atoms with E-state index in [0.29, 0.717) is 23.9 Å². The molecule has 0 radical (unpaired) electrons. The van der Waals surface area contributed by atoms with E-state index >= 15 is 0 Å². The Balaban J connectivity index is 1.25. The van der Waals surface area contributed by atoms with Crippen molar-refractivity contribution >= 4 is 17.6 Å². The van der Waals surface area contributed by atoms with E-state index in [2.05, 4.69) is 20.3 Å². The van der Waals surface area contributed by atoms with Gasteiger partial charge in [0.1, 0.15) is 0 Å². The van der Waals surface area contributed by atoms with Crippen molar-refractivity contribution in [1.82, 2.24) is 10.6 Å². The minimum atomic E-state index is -0.241. The number of piperidine rings is 1. The summed E-state index contributed by atoms with van der Waals surface area (Å²) in [6.45, 7) is 2.70. The molecule has 2 aliphatic rings. The first-order valence-corrected chi connectivity index (χ1v) is 10.4. The Morgan fingerprint density at radius 3 is 2.55 bits per heavy atom. The zero-order valence-electron chi connectivity index (χ0n) is 17.6. The first-order valence-electron chi connectivity index (χ1n) is 10.4. The van der Waals surface area contributed by atoms with Crippen LogP contribution in [0.1, 0.15) is 28.8 Å². The van der Waals surface area contributed by atoms with Gasteiger partial charge < -0.3 is 29.7 Å². The van der Waals surface area contributed by atoms with Crippen molar-refractivity contribution in [2.24, 2.45) is 0 Å². The molecular weight excluding hydrogens is 398 g/mol. The molecule has 0 bridgehead atoms. The van der Waals surface area contributed by atoms with Crippen LogP contribution in [0.25, 0.3) is 0 Å². The van der Waals surface area contributed by atoms with Crippen LogP contribution in [0.2, 0.25) is 0 Å². The average Bonchev–Trinajstić information content (AvgIpc) is 3.29. The van der Waals surface area contributed by atoms with Gasteiger partial charge in [-0.25, -0.2) is 0 Å². The molecule has 31 heavy (non-hydrogen) atoms. The highest BCUT2D eigenvalue weighted by Crippen LogP contribution is 2.32. The fourth-order valence-corrected chi connectivity index (χ4v) is 3.80. The lowest BCUT2D eigenvalue weighted by Gasteiger charge is -2.34. The van der Waals surface area contributed by atoms with Gasteiger partial charge in [-0.1, -0.05) is 6.07 Å². The second-order valence-electron chi connectivity index (χ2n) is 7.64. The standard InChI is InChI=1S/C23H27N3O5/c1-29-22(27)14-24-18-8-10-26(11-9-18)19-5-3-17(4-6-19)23(28)25-13-16-2-7-20-21(12-16)31-15-30-20/h2-7,12,18,24H,8-11,13-15H2,1H3,(H,25,28). The van der Waals surface area contributed by atoms with E-state index in [1.807, 2.05) is 42.5 Å². The molecule has 8 nitrogen and oxygen atoms in total. The minimum absolute atomic E-state index is 0.116. The molecule has 0 saturated carbocycles. The highest BCUT2D eigenvalue weighted by Gasteiger charge is 2.20. The van der Waals surface area contributed by atoms with Gasteiger partial charge in [0.25, 0.3) is 5.91 Å². The van der Waals surface area contributed by atoms with E-state index in [1.54, 1.807) is 0 Å². The first-order chi connectivity index (χ1) is 15.1. The Hall–Kier alpha value is -3.26. The molecule has 0 aliphatic carbocycles. The Bertz CT molecular complexity index is 923. The van der Waals surface area contributed by atoms with E-state index in [0.717, 1.165) is 42.9 Å². The molecule has 1 fully saturated rings. The van der Waals surface area contributed by atoms with Crippen molar-refractivity contribution in [2.45, 2.75) is 25.4 Å². The van der Waals surface area contributed by atoms with Crippen LogP contribution in [-0.2, 0) is 16.1 Å². The highest BCUT2D eigenvalue weighted by atomic mass is 16.7. The van der Waals surface area contributed by atoms with Gasteiger partial charge in [-0.15, -0.1) is 0 Å². The van der Waals surface area contributed by atoms with Gasteiger partial charge in [0.15, 0.2) is 11.5 Å². The molecule has 4 rings (SSSR count). The van der Waals surface area contributed by atoms with Gasteiger partial charge >= 0.3 is 5.97 Å². The summed E-state index contributed by atoms with van der Waals surface area (Å²) in [7, 11) is 1.40. The summed E-state index contributed by atoms with van der Waals surface area (Å²) in [6, 6.07) is 13.6. The Morgan fingerprint density at radius 2 is 1.81 bits per heavy atom. The molecule has 8 heteroatoms. The van der Waals surface area contributed by atoms with E-state index in [4.69, 9.17) is 9.47 Å². The summed E-state index contributed by atoms with van der Waals surface area (Å²) >= 11 is 0. The second kappa shape index (κ2) is 9.70. The Kier molecular flexibility index (Phi) is 6.57. The van der Waals surface area contributed by atoms with Crippen LogP contribution >= 0.6 is 0 Å². The smallest absolute Gasteiger partial charge is 0.319 e. The van der Waals surface area contributed by atoms with Crippen LogP contribution in [0, 0.1) is 0 Å². The second-order valence-corrected chi connectivity index (χ2v) is 7.64. The number of methoxy groups -OCH3 is 1. The molecule has 0 atom stereocenters. The van der Waals surface area contributed by atoms with Crippen molar-refractivity contribution in [1.29, 1.82) is 0 Å². The zero-order chi connectivity index (χ0) is 21.6. The SMILES string of the molecule is COC(=O)CNC1CCN(c2ccc(C(=O)NCc3ccc4c(c3)OCO4)cc2)CC1. The number of esters is 1. The molecule has 2 aromatic carbocycles. The van der Waals surface area contributed by atoms with Crippen molar-refractivity contribution in [3.05, 3.63) is 53.6 Å². The normalized spacial score (nSPS) is 15.6. The van der Waals surface area contributed by atoms with E-state index < -0.39 is 0 Å². The third-order valence-electron chi connectivity index (χ3n) is 5.64. The lowest BCUT2D eigenvalue weighted by molar-refractivity contribution is -0.139. The number of carbonyl (C=O) groups excluding carboxylic acids is 2. The summed E-state index contributed by atoms with van der Waals surface area (Å²) in [4.78, 5) is 26.1.